The molecule has 0 aliphatic heterocycles. The Bertz CT molecular complexity index is 763. The molecule has 1 amide bonds. The van der Waals surface area contributed by atoms with Gasteiger partial charge in [-0.3, -0.25) is 4.79 Å². The number of rotatable bonds is 5. The molecule has 2 aromatic carbocycles. The molecule has 0 fully saturated rings. The van der Waals surface area contributed by atoms with Gasteiger partial charge in [-0.2, -0.15) is 5.26 Å². The Morgan fingerprint density at radius 3 is 2.29 bits per heavy atom. The maximum absolute atomic E-state index is 12.2. The minimum Gasteiger partial charge on any atom is -0.347 e. The molecular weight excluding hydrogens is 296 g/mol. The van der Waals surface area contributed by atoms with Gasteiger partial charge in [0.1, 0.15) is 11.6 Å². The average molecular weight is 318 g/mol. The molecule has 0 saturated heterocycles. The van der Waals surface area contributed by atoms with Crippen molar-refractivity contribution >= 4 is 12.0 Å². The second kappa shape index (κ2) is 8.12. The SMILES string of the molecule is Cc1ccc(CNC(=O)/C(C#N)=C\c2ccc(C(C)C)cc2)cc1. The zero-order valence-electron chi connectivity index (χ0n) is 14.3. The number of carbonyl (C=O) groups excluding carboxylic acids is 1. The van der Waals surface area contributed by atoms with E-state index in [0.717, 1.165) is 11.1 Å². The Labute approximate surface area is 143 Å². The van der Waals surface area contributed by atoms with Crippen LogP contribution in [0.5, 0.6) is 0 Å². The van der Waals surface area contributed by atoms with Crippen molar-refractivity contribution < 1.29 is 4.79 Å². The fourth-order valence-corrected chi connectivity index (χ4v) is 2.28. The second-order valence-electron chi connectivity index (χ2n) is 6.16. The van der Waals surface area contributed by atoms with Gasteiger partial charge in [-0.25, -0.2) is 0 Å². The van der Waals surface area contributed by atoms with Crippen molar-refractivity contribution in [2.24, 2.45) is 0 Å². The van der Waals surface area contributed by atoms with Crippen molar-refractivity contribution in [1.82, 2.24) is 5.32 Å². The van der Waals surface area contributed by atoms with Crippen LogP contribution in [0.4, 0.5) is 0 Å². The van der Waals surface area contributed by atoms with E-state index < -0.39 is 0 Å². The zero-order chi connectivity index (χ0) is 17.5. The van der Waals surface area contributed by atoms with E-state index in [4.69, 9.17) is 0 Å². The summed E-state index contributed by atoms with van der Waals surface area (Å²) in [5, 5.41) is 12.0. The molecule has 0 atom stereocenters. The third kappa shape index (κ3) is 4.82. The lowest BCUT2D eigenvalue weighted by Gasteiger charge is -2.06. The maximum atomic E-state index is 12.2. The molecule has 0 aliphatic carbocycles. The monoisotopic (exact) mass is 318 g/mol. The lowest BCUT2D eigenvalue weighted by atomic mass is 10.0. The molecule has 1 N–H and O–H groups in total. The molecule has 122 valence electrons. The highest BCUT2D eigenvalue weighted by atomic mass is 16.1. The molecule has 0 saturated carbocycles. The van der Waals surface area contributed by atoms with E-state index in [2.05, 4.69) is 19.2 Å². The van der Waals surface area contributed by atoms with E-state index in [9.17, 15) is 10.1 Å². The lowest BCUT2D eigenvalue weighted by Crippen LogP contribution is -2.23. The first kappa shape index (κ1) is 17.5. The van der Waals surface area contributed by atoms with Gasteiger partial charge in [0, 0.05) is 6.54 Å². The summed E-state index contributed by atoms with van der Waals surface area (Å²) in [6, 6.07) is 17.8. The molecule has 24 heavy (non-hydrogen) atoms. The molecule has 2 rings (SSSR count). The Morgan fingerprint density at radius 2 is 1.75 bits per heavy atom. The van der Waals surface area contributed by atoms with Crippen LogP contribution in [0.15, 0.2) is 54.1 Å². The van der Waals surface area contributed by atoms with Crippen molar-refractivity contribution in [3.8, 4) is 6.07 Å². The molecule has 0 heterocycles. The highest BCUT2D eigenvalue weighted by molar-refractivity contribution is 6.01. The quantitative estimate of drug-likeness (QED) is 0.658. The number of nitriles is 1. The van der Waals surface area contributed by atoms with Crippen LogP contribution in [0.3, 0.4) is 0 Å². The van der Waals surface area contributed by atoms with Crippen molar-refractivity contribution in [2.45, 2.75) is 33.2 Å². The number of aryl methyl sites for hydroxylation is 1. The Balaban J connectivity index is 2.05. The van der Waals surface area contributed by atoms with Gasteiger partial charge in [-0.1, -0.05) is 67.9 Å². The Kier molecular flexibility index (Phi) is 5.92. The average Bonchev–Trinajstić information content (AvgIpc) is 2.59. The molecule has 0 spiro atoms. The summed E-state index contributed by atoms with van der Waals surface area (Å²) in [5.74, 6) is 0.0993. The number of nitrogens with zero attached hydrogens (tertiary/aromatic N) is 1. The predicted molar refractivity (Wildman–Crippen MR) is 97.1 cm³/mol. The van der Waals surface area contributed by atoms with Crippen molar-refractivity contribution in [3.05, 3.63) is 76.4 Å². The normalized spacial score (nSPS) is 11.2. The number of benzene rings is 2. The summed E-state index contributed by atoms with van der Waals surface area (Å²) < 4.78 is 0. The largest absolute Gasteiger partial charge is 0.347 e. The van der Waals surface area contributed by atoms with Crippen LogP contribution in [0.1, 0.15) is 42.0 Å². The maximum Gasteiger partial charge on any atom is 0.262 e. The van der Waals surface area contributed by atoms with Crippen LogP contribution < -0.4 is 5.32 Å². The van der Waals surface area contributed by atoms with Gasteiger partial charge in [0.2, 0.25) is 0 Å². The summed E-state index contributed by atoms with van der Waals surface area (Å²) in [5.41, 5.74) is 4.37. The lowest BCUT2D eigenvalue weighted by molar-refractivity contribution is -0.117. The fraction of sp³-hybridized carbons (Fsp3) is 0.238. The van der Waals surface area contributed by atoms with E-state index >= 15 is 0 Å². The molecule has 0 unspecified atom stereocenters. The number of carbonyl (C=O) groups is 1. The van der Waals surface area contributed by atoms with E-state index in [0.29, 0.717) is 12.5 Å². The van der Waals surface area contributed by atoms with Crippen LogP contribution in [0, 0.1) is 18.3 Å². The standard InChI is InChI=1S/C21H22N2O/c1-15(2)19-10-8-17(9-11-19)12-20(13-22)21(24)23-14-18-6-4-16(3)5-7-18/h4-12,15H,14H2,1-3H3,(H,23,24)/b20-12-. The first-order valence-corrected chi connectivity index (χ1v) is 8.05. The van der Waals surface area contributed by atoms with Gasteiger partial charge in [-0.15, -0.1) is 0 Å². The molecule has 3 heteroatoms. The first-order valence-electron chi connectivity index (χ1n) is 8.05. The predicted octanol–water partition coefficient (Wildman–Crippen LogP) is 4.34. The molecular formula is C21H22N2O. The molecule has 2 aromatic rings. The van der Waals surface area contributed by atoms with Crippen LogP contribution in [-0.2, 0) is 11.3 Å². The minimum absolute atomic E-state index is 0.111. The first-order chi connectivity index (χ1) is 11.5. The smallest absolute Gasteiger partial charge is 0.262 e. The molecule has 0 aromatic heterocycles. The third-order valence-electron chi connectivity index (χ3n) is 3.85. The van der Waals surface area contributed by atoms with Crippen LogP contribution >= 0.6 is 0 Å². The number of amides is 1. The van der Waals surface area contributed by atoms with Crippen LogP contribution in [0.25, 0.3) is 6.08 Å². The Hall–Kier alpha value is -2.86. The van der Waals surface area contributed by atoms with Crippen molar-refractivity contribution in [3.63, 3.8) is 0 Å². The summed E-state index contributed by atoms with van der Waals surface area (Å²) >= 11 is 0. The summed E-state index contributed by atoms with van der Waals surface area (Å²) in [4.78, 5) is 12.2. The summed E-state index contributed by atoms with van der Waals surface area (Å²) in [6.45, 7) is 6.68. The molecule has 3 nitrogen and oxygen atoms in total. The highest BCUT2D eigenvalue weighted by Crippen LogP contribution is 2.16. The Morgan fingerprint density at radius 1 is 1.12 bits per heavy atom. The number of nitrogens with one attached hydrogen (secondary N) is 1. The summed E-state index contributed by atoms with van der Waals surface area (Å²) in [6.07, 6.45) is 1.62. The highest BCUT2D eigenvalue weighted by Gasteiger charge is 2.09. The van der Waals surface area contributed by atoms with Crippen LogP contribution in [-0.4, -0.2) is 5.91 Å². The van der Waals surface area contributed by atoms with Crippen molar-refractivity contribution in [1.29, 1.82) is 5.26 Å². The van der Waals surface area contributed by atoms with Gasteiger partial charge in [-0.05, 0) is 35.6 Å². The molecule has 0 bridgehead atoms. The number of hydrogen-bond donors (Lipinski definition) is 1. The van der Waals surface area contributed by atoms with Gasteiger partial charge in [0.15, 0.2) is 0 Å². The van der Waals surface area contributed by atoms with Crippen molar-refractivity contribution in [2.75, 3.05) is 0 Å². The van der Waals surface area contributed by atoms with E-state index in [1.165, 1.54) is 11.1 Å². The summed E-state index contributed by atoms with van der Waals surface area (Å²) in [7, 11) is 0. The van der Waals surface area contributed by atoms with Crippen LogP contribution in [0.2, 0.25) is 0 Å². The van der Waals surface area contributed by atoms with Gasteiger partial charge in [0.25, 0.3) is 5.91 Å². The van der Waals surface area contributed by atoms with Gasteiger partial charge in [0.05, 0.1) is 0 Å². The molecule has 0 aliphatic rings. The van der Waals surface area contributed by atoms with Gasteiger partial charge >= 0.3 is 0 Å². The van der Waals surface area contributed by atoms with Gasteiger partial charge < -0.3 is 5.32 Å². The third-order valence-corrected chi connectivity index (χ3v) is 3.85. The number of hydrogen-bond acceptors (Lipinski definition) is 2. The fourth-order valence-electron chi connectivity index (χ4n) is 2.28. The molecule has 0 radical (unpaired) electrons. The van der Waals surface area contributed by atoms with E-state index in [-0.39, 0.29) is 11.5 Å². The van der Waals surface area contributed by atoms with E-state index in [1.807, 2.05) is 61.5 Å². The van der Waals surface area contributed by atoms with E-state index in [1.54, 1.807) is 6.08 Å². The second-order valence-corrected chi connectivity index (χ2v) is 6.16. The topological polar surface area (TPSA) is 52.9 Å². The minimum atomic E-state index is -0.356. The zero-order valence-corrected chi connectivity index (χ0v) is 14.3.